The summed E-state index contributed by atoms with van der Waals surface area (Å²) in [6.45, 7) is 0. The Morgan fingerprint density at radius 3 is 2.67 bits per heavy atom. The molecule has 1 heterocycles. The van der Waals surface area contributed by atoms with Gasteiger partial charge in [-0.05, 0) is 30.3 Å². The molecule has 0 radical (unpaired) electrons. The zero-order chi connectivity index (χ0) is 13.0. The highest BCUT2D eigenvalue weighted by molar-refractivity contribution is 5.71. The second kappa shape index (κ2) is 5.27. The molecule has 5 nitrogen and oxygen atoms in total. The molecule has 0 bridgehead atoms. The first-order chi connectivity index (χ1) is 8.69. The monoisotopic (exact) mass is 244 g/mol. The molecule has 0 aliphatic heterocycles. The highest BCUT2D eigenvalue weighted by Crippen LogP contribution is 2.19. The molecule has 1 aromatic heterocycles. The maximum absolute atomic E-state index is 11.1. The summed E-state index contributed by atoms with van der Waals surface area (Å²) in [4.78, 5) is 19.4. The number of phenols is 1. The van der Waals surface area contributed by atoms with Gasteiger partial charge in [0, 0.05) is 11.8 Å². The Labute approximate surface area is 104 Å². The van der Waals surface area contributed by atoms with Crippen LogP contribution in [0.2, 0.25) is 0 Å². The predicted molar refractivity (Wildman–Crippen MR) is 64.9 cm³/mol. The van der Waals surface area contributed by atoms with Crippen LogP contribution in [0.25, 0.3) is 11.3 Å². The van der Waals surface area contributed by atoms with Crippen molar-refractivity contribution < 1.29 is 14.6 Å². The minimum Gasteiger partial charge on any atom is -0.508 e. The SMILES string of the molecule is COC(=O)Cc1nccc(-c2ccc(O)cc2)n1. The van der Waals surface area contributed by atoms with E-state index in [9.17, 15) is 9.90 Å². The first-order valence-electron chi connectivity index (χ1n) is 5.37. The normalized spacial score (nSPS) is 10.1. The second-order valence-electron chi connectivity index (χ2n) is 3.66. The molecule has 0 atom stereocenters. The zero-order valence-electron chi connectivity index (χ0n) is 9.83. The molecule has 0 fully saturated rings. The third kappa shape index (κ3) is 2.82. The van der Waals surface area contributed by atoms with Crippen LogP contribution in [0.15, 0.2) is 36.5 Å². The molecule has 1 aromatic carbocycles. The smallest absolute Gasteiger partial charge is 0.313 e. The van der Waals surface area contributed by atoms with Crippen molar-refractivity contribution in [3.8, 4) is 17.0 Å². The van der Waals surface area contributed by atoms with Crippen molar-refractivity contribution in [1.82, 2.24) is 9.97 Å². The molecule has 18 heavy (non-hydrogen) atoms. The summed E-state index contributed by atoms with van der Waals surface area (Å²) in [5.41, 5.74) is 1.55. The van der Waals surface area contributed by atoms with Gasteiger partial charge in [0.15, 0.2) is 0 Å². The average Bonchev–Trinajstić information content (AvgIpc) is 2.40. The van der Waals surface area contributed by atoms with Crippen LogP contribution in [0.1, 0.15) is 5.82 Å². The molecule has 0 spiro atoms. The molecule has 0 unspecified atom stereocenters. The Bertz CT molecular complexity index is 552. The highest BCUT2D eigenvalue weighted by Gasteiger charge is 2.07. The Balaban J connectivity index is 2.26. The van der Waals surface area contributed by atoms with Gasteiger partial charge in [-0.2, -0.15) is 0 Å². The number of rotatable bonds is 3. The van der Waals surface area contributed by atoms with Gasteiger partial charge < -0.3 is 9.84 Å². The number of methoxy groups -OCH3 is 1. The molecule has 2 aromatic rings. The van der Waals surface area contributed by atoms with E-state index in [-0.39, 0.29) is 18.1 Å². The fourth-order valence-electron chi connectivity index (χ4n) is 1.48. The molecular weight excluding hydrogens is 232 g/mol. The lowest BCUT2D eigenvalue weighted by Crippen LogP contribution is -2.08. The number of hydrogen-bond acceptors (Lipinski definition) is 5. The fourth-order valence-corrected chi connectivity index (χ4v) is 1.48. The van der Waals surface area contributed by atoms with Crippen molar-refractivity contribution in [2.45, 2.75) is 6.42 Å². The number of benzene rings is 1. The van der Waals surface area contributed by atoms with E-state index in [2.05, 4.69) is 14.7 Å². The fraction of sp³-hybridized carbons (Fsp3) is 0.154. The van der Waals surface area contributed by atoms with Crippen molar-refractivity contribution in [1.29, 1.82) is 0 Å². The lowest BCUT2D eigenvalue weighted by molar-refractivity contribution is -0.139. The number of ether oxygens (including phenoxy) is 1. The number of hydrogen-bond donors (Lipinski definition) is 1. The quantitative estimate of drug-likeness (QED) is 0.829. The number of phenolic OH excluding ortho intramolecular Hbond substituents is 1. The molecule has 0 aliphatic rings. The van der Waals surface area contributed by atoms with Crippen molar-refractivity contribution in [2.75, 3.05) is 7.11 Å². The number of carbonyl (C=O) groups is 1. The van der Waals surface area contributed by atoms with Gasteiger partial charge in [-0.15, -0.1) is 0 Å². The van der Waals surface area contributed by atoms with Gasteiger partial charge in [0.2, 0.25) is 0 Å². The van der Waals surface area contributed by atoms with Gasteiger partial charge in [0.25, 0.3) is 0 Å². The molecule has 0 aliphatic carbocycles. The van der Waals surface area contributed by atoms with Crippen molar-refractivity contribution >= 4 is 5.97 Å². The van der Waals surface area contributed by atoms with Crippen LogP contribution in [0.3, 0.4) is 0 Å². The molecule has 0 saturated carbocycles. The van der Waals surface area contributed by atoms with E-state index >= 15 is 0 Å². The van der Waals surface area contributed by atoms with Crippen molar-refractivity contribution in [3.05, 3.63) is 42.4 Å². The number of aromatic nitrogens is 2. The largest absolute Gasteiger partial charge is 0.508 e. The summed E-state index contributed by atoms with van der Waals surface area (Å²) in [6.07, 6.45) is 1.63. The van der Waals surface area contributed by atoms with Crippen LogP contribution in [0.4, 0.5) is 0 Å². The van der Waals surface area contributed by atoms with E-state index in [1.54, 1.807) is 36.5 Å². The Morgan fingerprint density at radius 2 is 2.00 bits per heavy atom. The minimum atomic E-state index is -0.377. The minimum absolute atomic E-state index is 0.0441. The number of esters is 1. The average molecular weight is 244 g/mol. The molecule has 0 amide bonds. The van der Waals surface area contributed by atoms with E-state index in [4.69, 9.17) is 0 Å². The van der Waals surface area contributed by atoms with Crippen LogP contribution in [-0.4, -0.2) is 28.2 Å². The van der Waals surface area contributed by atoms with Crippen LogP contribution in [0.5, 0.6) is 5.75 Å². The summed E-state index contributed by atoms with van der Waals surface area (Å²) >= 11 is 0. The first-order valence-corrected chi connectivity index (χ1v) is 5.37. The van der Waals surface area contributed by atoms with Gasteiger partial charge >= 0.3 is 5.97 Å². The maximum atomic E-state index is 11.1. The molecule has 92 valence electrons. The summed E-state index contributed by atoms with van der Waals surface area (Å²) < 4.78 is 4.56. The van der Waals surface area contributed by atoms with Crippen molar-refractivity contribution in [2.24, 2.45) is 0 Å². The van der Waals surface area contributed by atoms with Gasteiger partial charge in [-0.3, -0.25) is 4.79 Å². The standard InChI is InChI=1S/C13H12N2O3/c1-18-13(17)8-12-14-7-6-11(15-12)9-2-4-10(16)5-3-9/h2-7,16H,8H2,1H3. The molecular formula is C13H12N2O3. The Hall–Kier alpha value is -2.43. The summed E-state index contributed by atoms with van der Waals surface area (Å²) in [6, 6.07) is 8.40. The second-order valence-corrected chi connectivity index (χ2v) is 3.66. The number of aromatic hydroxyl groups is 1. The van der Waals surface area contributed by atoms with Gasteiger partial charge in [-0.1, -0.05) is 0 Å². The zero-order valence-corrected chi connectivity index (χ0v) is 9.83. The number of nitrogens with zero attached hydrogens (tertiary/aromatic N) is 2. The summed E-state index contributed by atoms with van der Waals surface area (Å²) in [7, 11) is 1.33. The Kier molecular flexibility index (Phi) is 3.52. The van der Waals surface area contributed by atoms with Gasteiger partial charge in [-0.25, -0.2) is 9.97 Å². The first kappa shape index (κ1) is 12.0. The molecule has 1 N–H and O–H groups in total. The van der Waals surface area contributed by atoms with Gasteiger partial charge in [0.1, 0.15) is 18.0 Å². The van der Waals surface area contributed by atoms with E-state index < -0.39 is 0 Å². The van der Waals surface area contributed by atoms with Gasteiger partial charge in [0.05, 0.1) is 12.8 Å². The highest BCUT2D eigenvalue weighted by atomic mass is 16.5. The third-order valence-electron chi connectivity index (χ3n) is 2.40. The molecule has 2 rings (SSSR count). The summed E-state index contributed by atoms with van der Waals surface area (Å²) in [5, 5.41) is 9.22. The van der Waals surface area contributed by atoms with Crippen LogP contribution < -0.4 is 0 Å². The lowest BCUT2D eigenvalue weighted by Gasteiger charge is -2.03. The number of carbonyl (C=O) groups excluding carboxylic acids is 1. The van der Waals surface area contributed by atoms with Crippen LogP contribution in [-0.2, 0) is 16.0 Å². The van der Waals surface area contributed by atoms with Crippen molar-refractivity contribution in [3.63, 3.8) is 0 Å². The summed E-state index contributed by atoms with van der Waals surface area (Å²) in [5.74, 6) is 0.230. The van der Waals surface area contributed by atoms with Crippen LogP contribution >= 0.6 is 0 Å². The van der Waals surface area contributed by atoms with Crippen LogP contribution in [0, 0.1) is 0 Å². The topological polar surface area (TPSA) is 72.3 Å². The maximum Gasteiger partial charge on any atom is 0.313 e. The van der Waals surface area contributed by atoms with E-state index in [0.717, 1.165) is 5.56 Å². The lowest BCUT2D eigenvalue weighted by atomic mass is 10.1. The molecule has 0 saturated heterocycles. The van der Waals surface area contributed by atoms with E-state index in [1.165, 1.54) is 7.11 Å². The predicted octanol–water partition coefficient (Wildman–Crippen LogP) is 1.56. The third-order valence-corrected chi connectivity index (χ3v) is 2.40. The van der Waals surface area contributed by atoms with E-state index in [1.807, 2.05) is 0 Å². The van der Waals surface area contributed by atoms with E-state index in [0.29, 0.717) is 11.5 Å². The molecule has 5 heteroatoms. The Morgan fingerprint density at radius 1 is 1.28 bits per heavy atom.